The number of aryl methyl sites for hydroxylation is 1. The summed E-state index contributed by atoms with van der Waals surface area (Å²) in [5.74, 6) is 0.0827. The SMILES string of the molecule is Cc1nc(-c2cccs2)c(CC(=O)N(C)[C@@H](C)c2ccc(-n3cncn3)cc2)s1. The predicted octanol–water partition coefficient (Wildman–Crippen LogP) is 4.52. The van der Waals surface area contributed by atoms with Crippen molar-refractivity contribution in [3.05, 3.63) is 69.9 Å². The molecule has 0 N–H and O–H groups in total. The van der Waals surface area contributed by atoms with Gasteiger partial charge in [0.05, 0.1) is 33.7 Å². The number of benzene rings is 1. The van der Waals surface area contributed by atoms with E-state index in [0.717, 1.165) is 31.7 Å². The highest BCUT2D eigenvalue weighted by atomic mass is 32.1. The standard InChI is InChI=1S/C21H21N5OS2/c1-14(16-6-8-17(9-7-16)26-13-22-12-23-26)25(3)20(27)11-19-21(24-15(2)29-19)18-5-4-10-28-18/h4-10,12-14H,11H2,1-3H3/t14-/m0/s1. The van der Waals surface area contributed by atoms with Crippen LogP contribution < -0.4 is 0 Å². The first-order chi connectivity index (χ1) is 14.0. The molecule has 0 bridgehead atoms. The highest BCUT2D eigenvalue weighted by Gasteiger charge is 2.21. The molecular weight excluding hydrogens is 402 g/mol. The van der Waals surface area contributed by atoms with Crippen molar-refractivity contribution in [2.45, 2.75) is 26.3 Å². The monoisotopic (exact) mass is 423 g/mol. The van der Waals surface area contributed by atoms with Crippen LogP contribution >= 0.6 is 22.7 Å². The molecule has 29 heavy (non-hydrogen) atoms. The van der Waals surface area contributed by atoms with Crippen LogP contribution in [0.15, 0.2) is 54.4 Å². The molecule has 0 aliphatic carbocycles. The molecule has 4 aromatic rings. The molecule has 1 atom stereocenters. The van der Waals surface area contributed by atoms with E-state index in [1.54, 1.807) is 38.6 Å². The van der Waals surface area contributed by atoms with Crippen LogP contribution in [0.2, 0.25) is 0 Å². The van der Waals surface area contributed by atoms with Gasteiger partial charge in [-0.05, 0) is 43.0 Å². The van der Waals surface area contributed by atoms with Crippen LogP contribution in [0.3, 0.4) is 0 Å². The van der Waals surface area contributed by atoms with Gasteiger partial charge in [-0.15, -0.1) is 22.7 Å². The van der Waals surface area contributed by atoms with Crippen LogP contribution in [-0.4, -0.2) is 37.6 Å². The summed E-state index contributed by atoms with van der Waals surface area (Å²) < 4.78 is 1.71. The van der Waals surface area contributed by atoms with Gasteiger partial charge in [0.25, 0.3) is 0 Å². The summed E-state index contributed by atoms with van der Waals surface area (Å²) >= 11 is 3.25. The number of likely N-dealkylation sites (N-methyl/N-ethyl adjacent to an activating group) is 1. The minimum Gasteiger partial charge on any atom is -0.339 e. The van der Waals surface area contributed by atoms with Crippen LogP contribution in [-0.2, 0) is 11.2 Å². The summed E-state index contributed by atoms with van der Waals surface area (Å²) in [6.45, 7) is 4.03. The molecule has 0 fully saturated rings. The zero-order valence-corrected chi connectivity index (χ0v) is 18.1. The fraction of sp³-hybridized carbons (Fsp3) is 0.238. The van der Waals surface area contributed by atoms with E-state index in [-0.39, 0.29) is 11.9 Å². The minimum atomic E-state index is -0.0356. The fourth-order valence-electron chi connectivity index (χ4n) is 3.14. The molecule has 6 nitrogen and oxygen atoms in total. The van der Waals surface area contributed by atoms with E-state index < -0.39 is 0 Å². The zero-order chi connectivity index (χ0) is 20.4. The van der Waals surface area contributed by atoms with Gasteiger partial charge >= 0.3 is 0 Å². The van der Waals surface area contributed by atoms with Crippen molar-refractivity contribution in [3.8, 4) is 16.3 Å². The third-order valence-electron chi connectivity index (χ3n) is 4.90. The van der Waals surface area contributed by atoms with Crippen LogP contribution in [0.5, 0.6) is 0 Å². The van der Waals surface area contributed by atoms with Gasteiger partial charge in [0.1, 0.15) is 12.7 Å². The number of thiazole rings is 1. The number of nitrogens with zero attached hydrogens (tertiary/aromatic N) is 5. The van der Waals surface area contributed by atoms with Gasteiger partial charge in [-0.3, -0.25) is 4.79 Å². The van der Waals surface area contributed by atoms with E-state index in [2.05, 4.69) is 21.1 Å². The Morgan fingerprint density at radius 1 is 1.24 bits per heavy atom. The number of amides is 1. The van der Waals surface area contributed by atoms with Crippen molar-refractivity contribution in [2.24, 2.45) is 0 Å². The Balaban J connectivity index is 1.48. The molecule has 0 aliphatic heterocycles. The Hall–Kier alpha value is -2.84. The van der Waals surface area contributed by atoms with Crippen LogP contribution in [0.1, 0.15) is 28.4 Å². The van der Waals surface area contributed by atoms with Crippen molar-refractivity contribution in [1.82, 2.24) is 24.6 Å². The van der Waals surface area contributed by atoms with Crippen LogP contribution in [0, 0.1) is 6.92 Å². The molecule has 0 radical (unpaired) electrons. The molecular formula is C21H21N5OS2. The maximum Gasteiger partial charge on any atom is 0.228 e. The van der Waals surface area contributed by atoms with Crippen LogP contribution in [0.25, 0.3) is 16.3 Å². The topological polar surface area (TPSA) is 63.9 Å². The van der Waals surface area contributed by atoms with E-state index in [0.29, 0.717) is 6.42 Å². The van der Waals surface area contributed by atoms with Crippen molar-refractivity contribution in [2.75, 3.05) is 7.05 Å². The lowest BCUT2D eigenvalue weighted by Crippen LogP contribution is -2.30. The van der Waals surface area contributed by atoms with Crippen molar-refractivity contribution >= 4 is 28.6 Å². The maximum atomic E-state index is 13.0. The van der Waals surface area contributed by atoms with Gasteiger partial charge in [0.15, 0.2) is 0 Å². The molecule has 1 aromatic carbocycles. The molecule has 8 heteroatoms. The fourth-order valence-corrected chi connectivity index (χ4v) is 4.89. The minimum absolute atomic E-state index is 0.0356. The Morgan fingerprint density at radius 3 is 2.69 bits per heavy atom. The highest BCUT2D eigenvalue weighted by Crippen LogP contribution is 2.32. The molecule has 3 heterocycles. The number of aromatic nitrogens is 4. The number of thiophene rings is 1. The Labute approximate surface area is 177 Å². The average molecular weight is 424 g/mol. The van der Waals surface area contributed by atoms with E-state index in [4.69, 9.17) is 0 Å². The third kappa shape index (κ3) is 4.13. The number of carbonyl (C=O) groups is 1. The number of carbonyl (C=O) groups excluding carboxylic acids is 1. The number of hydrogen-bond donors (Lipinski definition) is 0. The molecule has 0 saturated carbocycles. The average Bonchev–Trinajstić information content (AvgIpc) is 3.49. The van der Waals surface area contributed by atoms with Crippen molar-refractivity contribution in [3.63, 3.8) is 0 Å². The number of rotatable bonds is 6. The first-order valence-corrected chi connectivity index (χ1v) is 10.9. The summed E-state index contributed by atoms with van der Waals surface area (Å²) in [6, 6.07) is 12.1. The lowest BCUT2D eigenvalue weighted by Gasteiger charge is -2.25. The molecule has 3 aromatic heterocycles. The lowest BCUT2D eigenvalue weighted by molar-refractivity contribution is -0.131. The van der Waals surface area contributed by atoms with E-state index in [9.17, 15) is 4.79 Å². The molecule has 0 aliphatic rings. The van der Waals surface area contributed by atoms with Gasteiger partial charge in [0.2, 0.25) is 5.91 Å². The van der Waals surface area contributed by atoms with E-state index in [1.165, 1.54) is 6.33 Å². The number of hydrogen-bond acceptors (Lipinski definition) is 6. The Morgan fingerprint density at radius 2 is 2.03 bits per heavy atom. The molecule has 4 rings (SSSR count). The summed E-state index contributed by atoms with van der Waals surface area (Å²) in [6.07, 6.45) is 3.53. The van der Waals surface area contributed by atoms with E-state index >= 15 is 0 Å². The second-order valence-electron chi connectivity index (χ2n) is 6.77. The van der Waals surface area contributed by atoms with Crippen molar-refractivity contribution in [1.29, 1.82) is 0 Å². The summed E-state index contributed by atoms with van der Waals surface area (Å²) in [5.41, 5.74) is 2.95. The molecule has 0 spiro atoms. The lowest BCUT2D eigenvalue weighted by atomic mass is 10.1. The van der Waals surface area contributed by atoms with Gasteiger partial charge < -0.3 is 4.90 Å². The first kappa shape index (κ1) is 19.5. The molecule has 0 unspecified atom stereocenters. The molecule has 148 valence electrons. The summed E-state index contributed by atoms with van der Waals surface area (Å²) in [5, 5.41) is 7.16. The van der Waals surface area contributed by atoms with Crippen molar-refractivity contribution < 1.29 is 4.79 Å². The normalized spacial score (nSPS) is 12.1. The quantitative estimate of drug-likeness (QED) is 0.457. The van der Waals surface area contributed by atoms with E-state index in [1.807, 2.05) is 56.6 Å². The summed E-state index contributed by atoms with van der Waals surface area (Å²) in [4.78, 5) is 25.6. The van der Waals surface area contributed by atoms with Gasteiger partial charge in [-0.1, -0.05) is 18.2 Å². The third-order valence-corrected chi connectivity index (χ3v) is 6.75. The largest absolute Gasteiger partial charge is 0.339 e. The zero-order valence-electron chi connectivity index (χ0n) is 16.4. The van der Waals surface area contributed by atoms with Crippen LogP contribution in [0.4, 0.5) is 0 Å². The maximum absolute atomic E-state index is 13.0. The molecule has 1 amide bonds. The molecule has 0 saturated heterocycles. The van der Waals surface area contributed by atoms with Gasteiger partial charge in [-0.25, -0.2) is 14.6 Å². The predicted molar refractivity (Wildman–Crippen MR) is 116 cm³/mol. The second-order valence-corrected chi connectivity index (χ2v) is 9.01. The summed E-state index contributed by atoms with van der Waals surface area (Å²) in [7, 11) is 1.86. The first-order valence-electron chi connectivity index (χ1n) is 9.23. The highest BCUT2D eigenvalue weighted by molar-refractivity contribution is 7.15. The Bertz CT molecular complexity index is 1090. The van der Waals surface area contributed by atoms with Gasteiger partial charge in [-0.2, -0.15) is 5.10 Å². The smallest absolute Gasteiger partial charge is 0.228 e. The second kappa shape index (κ2) is 8.26. The van der Waals surface area contributed by atoms with Gasteiger partial charge in [0, 0.05) is 11.9 Å². The Kier molecular flexibility index (Phi) is 5.55.